The lowest BCUT2D eigenvalue weighted by Crippen LogP contribution is -2.21. The van der Waals surface area contributed by atoms with Crippen molar-refractivity contribution in [2.24, 2.45) is 5.16 Å². The van der Waals surface area contributed by atoms with Crippen LogP contribution in [0.1, 0.15) is 22.3 Å². The van der Waals surface area contributed by atoms with Gasteiger partial charge in [-0.25, -0.2) is 0 Å². The first-order valence-corrected chi connectivity index (χ1v) is 7.68. The summed E-state index contributed by atoms with van der Waals surface area (Å²) in [4.78, 5) is 4.97. The van der Waals surface area contributed by atoms with Gasteiger partial charge in [-0.15, -0.1) is 0 Å². The monoisotopic (exact) mass is 312 g/mol. The van der Waals surface area contributed by atoms with Crippen molar-refractivity contribution in [1.82, 2.24) is 5.32 Å². The molecule has 2 rings (SSSR count). The molecule has 2 aromatic carbocycles. The molecule has 0 saturated heterocycles. The molecule has 2 aromatic rings. The molecule has 4 nitrogen and oxygen atoms in total. The van der Waals surface area contributed by atoms with Gasteiger partial charge in [-0.3, -0.25) is 0 Å². The normalized spacial score (nSPS) is 11.4. The van der Waals surface area contributed by atoms with E-state index in [1.54, 1.807) is 7.11 Å². The van der Waals surface area contributed by atoms with E-state index in [9.17, 15) is 0 Å². The number of hydrogen-bond donors (Lipinski definition) is 1. The minimum atomic E-state index is 0.493. The second-order valence-electron chi connectivity index (χ2n) is 5.47. The lowest BCUT2D eigenvalue weighted by atomic mass is 10.0. The molecule has 0 radical (unpaired) electrons. The fraction of sp³-hybridized carbons (Fsp3) is 0.316. The largest absolute Gasteiger partial charge is 0.489 e. The van der Waals surface area contributed by atoms with Crippen LogP contribution in [0.25, 0.3) is 0 Å². The van der Waals surface area contributed by atoms with Crippen molar-refractivity contribution in [3.8, 4) is 5.75 Å². The van der Waals surface area contributed by atoms with Crippen LogP contribution in [-0.2, 0) is 11.4 Å². The first kappa shape index (κ1) is 17.0. The van der Waals surface area contributed by atoms with E-state index in [4.69, 9.17) is 9.57 Å². The van der Waals surface area contributed by atoms with E-state index in [0.717, 1.165) is 28.2 Å². The summed E-state index contributed by atoms with van der Waals surface area (Å²) in [6, 6.07) is 14.3. The van der Waals surface area contributed by atoms with Gasteiger partial charge < -0.3 is 14.9 Å². The van der Waals surface area contributed by atoms with Crippen molar-refractivity contribution in [2.75, 3.05) is 20.7 Å². The maximum absolute atomic E-state index is 6.03. The first-order valence-electron chi connectivity index (χ1n) is 7.68. The number of hydrogen-bond acceptors (Lipinski definition) is 4. The summed E-state index contributed by atoms with van der Waals surface area (Å²) < 4.78 is 6.03. The molecule has 4 heteroatoms. The average Bonchev–Trinajstić information content (AvgIpc) is 2.56. The summed E-state index contributed by atoms with van der Waals surface area (Å²) in [5.74, 6) is 0.915. The topological polar surface area (TPSA) is 42.9 Å². The first-order chi connectivity index (χ1) is 11.2. The number of ether oxygens (including phenoxy) is 1. The van der Waals surface area contributed by atoms with Crippen LogP contribution in [0.3, 0.4) is 0 Å². The van der Waals surface area contributed by atoms with E-state index in [2.05, 4.69) is 48.6 Å². The Bertz CT molecular complexity index is 681. The molecule has 0 atom stereocenters. The van der Waals surface area contributed by atoms with Crippen LogP contribution in [-0.4, -0.2) is 26.4 Å². The Balaban J connectivity index is 2.23. The van der Waals surface area contributed by atoms with Crippen LogP contribution in [0.15, 0.2) is 47.6 Å². The van der Waals surface area contributed by atoms with Crippen molar-refractivity contribution in [3.63, 3.8) is 0 Å². The van der Waals surface area contributed by atoms with Gasteiger partial charge in [0.2, 0.25) is 0 Å². The minimum Gasteiger partial charge on any atom is -0.489 e. The van der Waals surface area contributed by atoms with E-state index in [-0.39, 0.29) is 0 Å². The second-order valence-corrected chi connectivity index (χ2v) is 5.47. The molecule has 0 heterocycles. The third-order valence-electron chi connectivity index (χ3n) is 3.60. The predicted molar refractivity (Wildman–Crippen MR) is 94.2 cm³/mol. The number of oxime groups is 1. The summed E-state index contributed by atoms with van der Waals surface area (Å²) in [6.07, 6.45) is 0. The number of nitrogens with zero attached hydrogens (tertiary/aromatic N) is 1. The van der Waals surface area contributed by atoms with Crippen molar-refractivity contribution >= 4 is 5.71 Å². The molecular formula is C19H24N2O2. The molecule has 0 aliphatic carbocycles. The van der Waals surface area contributed by atoms with E-state index >= 15 is 0 Å². The van der Waals surface area contributed by atoms with Crippen molar-refractivity contribution in [2.45, 2.75) is 20.5 Å². The molecule has 0 amide bonds. The number of benzene rings is 2. The summed E-state index contributed by atoms with van der Waals surface area (Å²) in [6.45, 7) is 5.25. The molecular weight excluding hydrogens is 288 g/mol. The molecule has 0 fully saturated rings. The highest BCUT2D eigenvalue weighted by Gasteiger charge is 2.10. The van der Waals surface area contributed by atoms with Gasteiger partial charge in [0.1, 0.15) is 25.2 Å². The fourth-order valence-corrected chi connectivity index (χ4v) is 2.40. The zero-order valence-corrected chi connectivity index (χ0v) is 14.2. The smallest absolute Gasteiger partial charge is 0.122 e. The van der Waals surface area contributed by atoms with E-state index < -0.39 is 0 Å². The molecule has 0 aromatic heterocycles. The van der Waals surface area contributed by atoms with E-state index in [0.29, 0.717) is 13.2 Å². The highest BCUT2D eigenvalue weighted by molar-refractivity contribution is 6.02. The Hall–Kier alpha value is -2.33. The van der Waals surface area contributed by atoms with Gasteiger partial charge in [0.25, 0.3) is 0 Å². The molecule has 122 valence electrons. The van der Waals surface area contributed by atoms with Gasteiger partial charge in [-0.2, -0.15) is 0 Å². The predicted octanol–water partition coefficient (Wildman–Crippen LogP) is 3.45. The lowest BCUT2D eigenvalue weighted by molar-refractivity contribution is 0.213. The molecule has 0 aliphatic heterocycles. The molecule has 1 N–H and O–H groups in total. The summed E-state index contributed by atoms with van der Waals surface area (Å²) in [5, 5.41) is 7.25. The van der Waals surface area contributed by atoms with Crippen LogP contribution in [0.5, 0.6) is 5.75 Å². The SMILES string of the molecule is CNC/C(=N/OC)c1ccccc1COc1cc(C)ccc1C. The highest BCUT2D eigenvalue weighted by Crippen LogP contribution is 2.21. The van der Waals surface area contributed by atoms with E-state index in [1.807, 2.05) is 25.2 Å². The van der Waals surface area contributed by atoms with Crippen LogP contribution < -0.4 is 10.1 Å². The summed E-state index contributed by atoms with van der Waals surface area (Å²) >= 11 is 0. The Morgan fingerprint density at radius 2 is 1.91 bits per heavy atom. The highest BCUT2D eigenvalue weighted by atomic mass is 16.6. The van der Waals surface area contributed by atoms with Gasteiger partial charge in [-0.1, -0.05) is 41.6 Å². The van der Waals surface area contributed by atoms with Crippen molar-refractivity contribution in [1.29, 1.82) is 0 Å². The molecule has 23 heavy (non-hydrogen) atoms. The number of aryl methyl sites for hydroxylation is 2. The Morgan fingerprint density at radius 1 is 1.13 bits per heavy atom. The maximum atomic E-state index is 6.03. The summed E-state index contributed by atoms with van der Waals surface area (Å²) in [7, 11) is 3.45. The molecule has 0 spiro atoms. The maximum Gasteiger partial charge on any atom is 0.122 e. The fourth-order valence-electron chi connectivity index (χ4n) is 2.40. The van der Waals surface area contributed by atoms with Gasteiger partial charge in [0.15, 0.2) is 0 Å². The summed E-state index contributed by atoms with van der Waals surface area (Å²) in [5.41, 5.74) is 5.30. The number of nitrogens with one attached hydrogen (secondary N) is 1. The molecule has 0 unspecified atom stereocenters. The van der Waals surface area contributed by atoms with Crippen molar-refractivity contribution < 1.29 is 9.57 Å². The minimum absolute atomic E-state index is 0.493. The van der Waals surface area contributed by atoms with Gasteiger partial charge in [0, 0.05) is 12.1 Å². The third-order valence-corrected chi connectivity index (χ3v) is 3.60. The Kier molecular flexibility index (Phi) is 6.18. The number of likely N-dealkylation sites (N-methyl/N-ethyl adjacent to an activating group) is 1. The Labute approximate surface area is 138 Å². The second kappa shape index (κ2) is 8.34. The molecule has 0 saturated carbocycles. The molecule has 0 aliphatic rings. The third kappa shape index (κ3) is 4.57. The van der Waals surface area contributed by atoms with Crippen LogP contribution in [0, 0.1) is 13.8 Å². The zero-order chi connectivity index (χ0) is 16.7. The van der Waals surface area contributed by atoms with Crippen molar-refractivity contribution in [3.05, 3.63) is 64.7 Å². The van der Waals surface area contributed by atoms with Crippen LogP contribution >= 0.6 is 0 Å². The number of rotatable bonds is 7. The van der Waals surface area contributed by atoms with Gasteiger partial charge >= 0.3 is 0 Å². The van der Waals surface area contributed by atoms with Crippen LogP contribution in [0.4, 0.5) is 0 Å². The average molecular weight is 312 g/mol. The van der Waals surface area contributed by atoms with Crippen LogP contribution in [0.2, 0.25) is 0 Å². The van der Waals surface area contributed by atoms with E-state index in [1.165, 1.54) is 5.56 Å². The van der Waals surface area contributed by atoms with Gasteiger partial charge in [0.05, 0.1) is 0 Å². The molecule has 0 bridgehead atoms. The standard InChI is InChI=1S/C19H24N2O2/c1-14-9-10-15(2)19(11-14)23-13-16-7-5-6-8-17(16)18(12-20-3)21-22-4/h5-11,20H,12-13H2,1-4H3/b21-18-. The zero-order valence-electron chi connectivity index (χ0n) is 14.2. The quantitative estimate of drug-likeness (QED) is 0.629. The van der Waals surface area contributed by atoms with Gasteiger partial charge in [-0.05, 0) is 43.7 Å². The Morgan fingerprint density at radius 3 is 2.65 bits per heavy atom. The lowest BCUT2D eigenvalue weighted by Gasteiger charge is -2.14.